The van der Waals surface area contributed by atoms with E-state index in [1.807, 2.05) is 0 Å². The Kier molecular flexibility index (Phi) is 9.72. The average Bonchev–Trinajstić information content (AvgIpc) is 3.14. The van der Waals surface area contributed by atoms with Crippen molar-refractivity contribution in [2.45, 2.75) is 12.8 Å². The second kappa shape index (κ2) is 11.2. The SMILES string of the molecule is CN(CC(=O)N1CCCC1)C(=O)C(CO)CO.Oc1ccc(Cl)c(Cl)c1. The van der Waals surface area contributed by atoms with Gasteiger partial charge in [0, 0.05) is 20.1 Å². The van der Waals surface area contributed by atoms with Gasteiger partial charge in [0.1, 0.15) is 5.75 Å². The van der Waals surface area contributed by atoms with Gasteiger partial charge in [-0.25, -0.2) is 0 Å². The minimum Gasteiger partial charge on any atom is -0.508 e. The first-order valence-electron chi connectivity index (χ1n) is 8.18. The smallest absolute Gasteiger partial charge is 0.242 e. The minimum atomic E-state index is -0.827. The number of nitrogens with zero attached hydrogens (tertiary/aromatic N) is 2. The van der Waals surface area contributed by atoms with Gasteiger partial charge in [-0.2, -0.15) is 0 Å². The van der Waals surface area contributed by atoms with E-state index in [0.29, 0.717) is 10.0 Å². The molecular formula is C17H24Cl2N2O5. The zero-order valence-electron chi connectivity index (χ0n) is 14.6. The Hall–Kier alpha value is -1.54. The normalized spacial score (nSPS) is 13.4. The van der Waals surface area contributed by atoms with Crippen molar-refractivity contribution in [3.63, 3.8) is 0 Å². The summed E-state index contributed by atoms with van der Waals surface area (Å²) >= 11 is 11.1. The van der Waals surface area contributed by atoms with Crippen LogP contribution in [0.1, 0.15) is 12.8 Å². The molecule has 1 saturated heterocycles. The molecule has 2 rings (SSSR count). The fraction of sp³-hybridized carbons (Fsp3) is 0.529. The number of carbonyl (C=O) groups is 2. The maximum atomic E-state index is 11.8. The van der Waals surface area contributed by atoms with Crippen LogP contribution in [0.2, 0.25) is 10.0 Å². The lowest BCUT2D eigenvalue weighted by atomic mass is 10.1. The molecule has 26 heavy (non-hydrogen) atoms. The molecule has 7 nitrogen and oxygen atoms in total. The first-order valence-corrected chi connectivity index (χ1v) is 8.94. The van der Waals surface area contributed by atoms with Gasteiger partial charge >= 0.3 is 0 Å². The molecule has 0 radical (unpaired) electrons. The van der Waals surface area contributed by atoms with Gasteiger partial charge in [0.15, 0.2) is 0 Å². The average molecular weight is 407 g/mol. The van der Waals surface area contributed by atoms with Crippen molar-refractivity contribution in [3.05, 3.63) is 28.2 Å². The van der Waals surface area contributed by atoms with Crippen LogP contribution < -0.4 is 0 Å². The van der Waals surface area contributed by atoms with E-state index in [1.54, 1.807) is 11.0 Å². The second-order valence-electron chi connectivity index (χ2n) is 5.94. The standard InChI is InChI=1S/C11H20N2O4.C6H4Cl2O/c1-12(11(17)9(7-14)8-15)6-10(16)13-4-2-3-5-13;7-5-2-1-4(9)3-6(5)8/h9,14-15H,2-8H2,1H3;1-3,9H. The largest absolute Gasteiger partial charge is 0.508 e. The number of aromatic hydroxyl groups is 1. The fourth-order valence-electron chi connectivity index (χ4n) is 2.36. The molecule has 1 aliphatic heterocycles. The van der Waals surface area contributed by atoms with Gasteiger partial charge in [0.05, 0.1) is 35.7 Å². The van der Waals surface area contributed by atoms with Crippen LogP contribution in [-0.2, 0) is 9.59 Å². The summed E-state index contributed by atoms with van der Waals surface area (Å²) in [5, 5.41) is 27.4. The Morgan fingerprint density at radius 1 is 1.15 bits per heavy atom. The summed E-state index contributed by atoms with van der Waals surface area (Å²) in [5.74, 6) is -1.17. The lowest BCUT2D eigenvalue weighted by Crippen LogP contribution is -2.43. The molecule has 0 saturated carbocycles. The second-order valence-corrected chi connectivity index (χ2v) is 6.76. The molecule has 146 valence electrons. The number of carbonyl (C=O) groups excluding carboxylic acids is 2. The van der Waals surface area contributed by atoms with Crippen LogP contribution in [0.15, 0.2) is 18.2 Å². The van der Waals surface area contributed by atoms with Crippen LogP contribution in [0, 0.1) is 5.92 Å². The lowest BCUT2D eigenvalue weighted by molar-refractivity contribution is -0.143. The van der Waals surface area contributed by atoms with E-state index in [1.165, 1.54) is 24.1 Å². The first-order chi connectivity index (χ1) is 12.3. The van der Waals surface area contributed by atoms with Gasteiger partial charge in [0.25, 0.3) is 0 Å². The highest BCUT2D eigenvalue weighted by atomic mass is 35.5. The number of aliphatic hydroxyl groups is 2. The maximum absolute atomic E-state index is 11.8. The van der Waals surface area contributed by atoms with Gasteiger partial charge in [-0.15, -0.1) is 0 Å². The van der Waals surface area contributed by atoms with Gasteiger partial charge in [-0.1, -0.05) is 23.2 Å². The van der Waals surface area contributed by atoms with Crippen molar-refractivity contribution < 1.29 is 24.9 Å². The Labute approximate surface area is 162 Å². The van der Waals surface area contributed by atoms with Crippen molar-refractivity contribution in [2.24, 2.45) is 5.92 Å². The number of rotatable bonds is 5. The van der Waals surface area contributed by atoms with Crippen LogP contribution >= 0.6 is 23.2 Å². The number of phenolic OH excluding ortho intramolecular Hbond substituents is 1. The topological polar surface area (TPSA) is 101 Å². The number of likely N-dealkylation sites (N-methyl/N-ethyl adjacent to an activating group) is 1. The summed E-state index contributed by atoms with van der Waals surface area (Å²) in [4.78, 5) is 26.5. The molecular weight excluding hydrogens is 383 g/mol. The Balaban J connectivity index is 0.000000314. The third-order valence-electron chi connectivity index (χ3n) is 3.90. The first kappa shape index (κ1) is 22.5. The highest BCUT2D eigenvalue weighted by Gasteiger charge is 2.25. The fourth-order valence-corrected chi connectivity index (χ4v) is 2.65. The van der Waals surface area contributed by atoms with Crippen LogP contribution in [0.25, 0.3) is 0 Å². The van der Waals surface area contributed by atoms with Crippen LogP contribution in [0.4, 0.5) is 0 Å². The van der Waals surface area contributed by atoms with E-state index in [9.17, 15) is 9.59 Å². The Morgan fingerprint density at radius 3 is 2.19 bits per heavy atom. The van der Waals surface area contributed by atoms with E-state index in [4.69, 9.17) is 38.5 Å². The molecule has 2 amide bonds. The van der Waals surface area contributed by atoms with E-state index < -0.39 is 25.0 Å². The number of hydrogen-bond acceptors (Lipinski definition) is 5. The third kappa shape index (κ3) is 6.99. The third-order valence-corrected chi connectivity index (χ3v) is 4.64. The van der Waals surface area contributed by atoms with E-state index in [-0.39, 0.29) is 18.2 Å². The quantitative estimate of drug-likeness (QED) is 0.685. The van der Waals surface area contributed by atoms with Crippen LogP contribution in [0.5, 0.6) is 5.75 Å². The van der Waals surface area contributed by atoms with Gasteiger partial charge in [-0.3, -0.25) is 9.59 Å². The molecule has 0 bridgehead atoms. The van der Waals surface area contributed by atoms with Crippen LogP contribution in [0.3, 0.4) is 0 Å². The lowest BCUT2D eigenvalue weighted by Gasteiger charge is -2.23. The molecule has 0 unspecified atom stereocenters. The van der Waals surface area contributed by atoms with Crippen molar-refractivity contribution >= 4 is 35.0 Å². The monoisotopic (exact) mass is 406 g/mol. The number of hydrogen-bond donors (Lipinski definition) is 3. The Morgan fingerprint density at radius 2 is 1.73 bits per heavy atom. The highest BCUT2D eigenvalue weighted by molar-refractivity contribution is 6.42. The minimum absolute atomic E-state index is 0.00926. The number of aliphatic hydroxyl groups excluding tert-OH is 2. The summed E-state index contributed by atoms with van der Waals surface area (Å²) in [7, 11) is 1.51. The van der Waals surface area contributed by atoms with Crippen molar-refractivity contribution in [1.29, 1.82) is 0 Å². The number of likely N-dealkylation sites (tertiary alicyclic amines) is 1. The molecule has 0 spiro atoms. The summed E-state index contributed by atoms with van der Waals surface area (Å²) in [6, 6.07) is 4.41. The molecule has 1 aromatic rings. The van der Waals surface area contributed by atoms with Crippen LogP contribution in [-0.4, -0.2) is 76.8 Å². The number of phenols is 1. The molecule has 1 fully saturated rings. The van der Waals surface area contributed by atoms with Crippen molar-refractivity contribution in [2.75, 3.05) is 39.9 Å². The zero-order valence-corrected chi connectivity index (χ0v) is 16.1. The van der Waals surface area contributed by atoms with E-state index in [2.05, 4.69) is 0 Å². The Bertz CT molecular complexity index is 605. The summed E-state index contributed by atoms with van der Waals surface area (Å²) in [6.45, 7) is 0.707. The van der Waals surface area contributed by atoms with Crippen molar-refractivity contribution in [1.82, 2.24) is 9.80 Å². The number of benzene rings is 1. The maximum Gasteiger partial charge on any atom is 0.242 e. The molecule has 1 aliphatic rings. The number of halogens is 2. The van der Waals surface area contributed by atoms with E-state index in [0.717, 1.165) is 25.9 Å². The summed E-state index contributed by atoms with van der Waals surface area (Å²) < 4.78 is 0. The van der Waals surface area contributed by atoms with Gasteiger partial charge < -0.3 is 25.1 Å². The summed E-state index contributed by atoms with van der Waals surface area (Å²) in [5.41, 5.74) is 0. The molecule has 0 aromatic heterocycles. The summed E-state index contributed by atoms with van der Waals surface area (Å²) in [6.07, 6.45) is 2.03. The predicted molar refractivity (Wildman–Crippen MR) is 99.2 cm³/mol. The van der Waals surface area contributed by atoms with Gasteiger partial charge in [-0.05, 0) is 31.0 Å². The molecule has 3 N–H and O–H groups in total. The predicted octanol–water partition coefficient (Wildman–Crippen LogP) is 1.37. The van der Waals surface area contributed by atoms with Gasteiger partial charge in [0.2, 0.25) is 11.8 Å². The zero-order chi connectivity index (χ0) is 19.7. The number of amides is 2. The van der Waals surface area contributed by atoms with Crippen molar-refractivity contribution in [3.8, 4) is 5.75 Å². The molecule has 9 heteroatoms. The van der Waals surface area contributed by atoms with E-state index >= 15 is 0 Å². The molecule has 0 atom stereocenters. The highest BCUT2D eigenvalue weighted by Crippen LogP contribution is 2.25. The molecule has 0 aliphatic carbocycles. The molecule has 1 aromatic carbocycles. The molecule has 1 heterocycles.